The molecule has 5 heteroatoms. The van der Waals surface area contributed by atoms with Crippen LogP contribution < -0.4 is 10.6 Å². The van der Waals surface area contributed by atoms with E-state index in [-0.39, 0.29) is 5.91 Å². The lowest BCUT2D eigenvalue weighted by molar-refractivity contribution is 0.0949. The van der Waals surface area contributed by atoms with Gasteiger partial charge in [0.2, 0.25) is 0 Å². The standard InChI is InChI=1S/C17H19ClN2OS/c18-14-5-3-13(4-6-14)15-7-8-16(22-15)17(21)20-11-12-2-1-9-19-10-12/h3-8,12,19H,1-2,9-11H2,(H,20,21). The molecule has 1 saturated heterocycles. The third-order valence-corrected chi connectivity index (χ3v) is 5.29. The quantitative estimate of drug-likeness (QED) is 0.893. The number of halogens is 1. The molecule has 1 fully saturated rings. The summed E-state index contributed by atoms with van der Waals surface area (Å²) in [6.45, 7) is 2.85. The van der Waals surface area contributed by atoms with Gasteiger partial charge in [0.15, 0.2) is 0 Å². The van der Waals surface area contributed by atoms with E-state index in [0.717, 1.165) is 40.0 Å². The smallest absolute Gasteiger partial charge is 0.261 e. The molecule has 22 heavy (non-hydrogen) atoms. The number of carbonyl (C=O) groups is 1. The van der Waals surface area contributed by atoms with Gasteiger partial charge in [-0.1, -0.05) is 23.7 Å². The van der Waals surface area contributed by atoms with Crippen molar-refractivity contribution >= 4 is 28.8 Å². The van der Waals surface area contributed by atoms with E-state index in [1.807, 2.05) is 36.4 Å². The van der Waals surface area contributed by atoms with Crippen molar-refractivity contribution in [1.29, 1.82) is 0 Å². The van der Waals surface area contributed by atoms with Crippen molar-refractivity contribution < 1.29 is 4.79 Å². The highest BCUT2D eigenvalue weighted by atomic mass is 35.5. The molecule has 1 aliphatic rings. The molecule has 1 atom stereocenters. The topological polar surface area (TPSA) is 41.1 Å². The van der Waals surface area contributed by atoms with E-state index in [1.54, 1.807) is 0 Å². The van der Waals surface area contributed by atoms with Crippen molar-refractivity contribution in [1.82, 2.24) is 10.6 Å². The maximum atomic E-state index is 12.2. The summed E-state index contributed by atoms with van der Waals surface area (Å²) < 4.78 is 0. The predicted octanol–water partition coefficient (Wildman–Crippen LogP) is 3.80. The van der Waals surface area contributed by atoms with Crippen molar-refractivity contribution in [2.75, 3.05) is 19.6 Å². The lowest BCUT2D eigenvalue weighted by Gasteiger charge is -2.22. The summed E-state index contributed by atoms with van der Waals surface area (Å²) in [5, 5.41) is 7.14. The van der Waals surface area contributed by atoms with E-state index in [0.29, 0.717) is 5.92 Å². The minimum absolute atomic E-state index is 0.0239. The summed E-state index contributed by atoms with van der Waals surface area (Å²) in [5.41, 5.74) is 1.09. The van der Waals surface area contributed by atoms with Gasteiger partial charge in [0.25, 0.3) is 5.91 Å². The molecule has 2 heterocycles. The third-order valence-electron chi connectivity index (χ3n) is 3.91. The van der Waals surface area contributed by atoms with Crippen LogP contribution in [0.2, 0.25) is 5.02 Å². The summed E-state index contributed by atoms with van der Waals surface area (Å²) >= 11 is 7.42. The monoisotopic (exact) mass is 334 g/mol. The number of amides is 1. The van der Waals surface area contributed by atoms with Crippen LogP contribution in [0.4, 0.5) is 0 Å². The van der Waals surface area contributed by atoms with Crippen LogP contribution >= 0.6 is 22.9 Å². The number of piperidine rings is 1. The van der Waals surface area contributed by atoms with Gasteiger partial charge in [0, 0.05) is 16.4 Å². The van der Waals surface area contributed by atoms with Gasteiger partial charge in [0.1, 0.15) is 0 Å². The summed E-state index contributed by atoms with van der Waals surface area (Å²) in [4.78, 5) is 14.1. The maximum absolute atomic E-state index is 12.2. The minimum Gasteiger partial charge on any atom is -0.351 e. The van der Waals surface area contributed by atoms with Gasteiger partial charge in [-0.15, -0.1) is 11.3 Å². The zero-order chi connectivity index (χ0) is 15.4. The molecule has 3 rings (SSSR count). The Labute approximate surface area is 139 Å². The zero-order valence-electron chi connectivity index (χ0n) is 12.3. The van der Waals surface area contributed by atoms with Crippen molar-refractivity contribution in [3.05, 3.63) is 46.3 Å². The van der Waals surface area contributed by atoms with Gasteiger partial charge in [-0.3, -0.25) is 4.79 Å². The second-order valence-corrected chi connectivity index (χ2v) is 7.11. The Morgan fingerprint density at radius 1 is 1.27 bits per heavy atom. The maximum Gasteiger partial charge on any atom is 0.261 e. The first-order chi connectivity index (χ1) is 10.7. The fraction of sp³-hybridized carbons (Fsp3) is 0.353. The summed E-state index contributed by atoms with van der Waals surface area (Å²) in [6, 6.07) is 11.6. The van der Waals surface area contributed by atoms with E-state index >= 15 is 0 Å². The van der Waals surface area contributed by atoms with E-state index in [9.17, 15) is 4.79 Å². The molecule has 2 N–H and O–H groups in total. The number of nitrogens with one attached hydrogen (secondary N) is 2. The molecule has 116 valence electrons. The summed E-state index contributed by atoms with van der Waals surface area (Å²) in [6.07, 6.45) is 2.38. The van der Waals surface area contributed by atoms with E-state index < -0.39 is 0 Å². The second-order valence-electron chi connectivity index (χ2n) is 5.59. The molecule has 0 radical (unpaired) electrons. The molecule has 1 amide bonds. The molecular weight excluding hydrogens is 316 g/mol. The van der Waals surface area contributed by atoms with Crippen molar-refractivity contribution in [3.63, 3.8) is 0 Å². The van der Waals surface area contributed by atoms with Crippen molar-refractivity contribution in [3.8, 4) is 10.4 Å². The highest BCUT2D eigenvalue weighted by Crippen LogP contribution is 2.29. The fourth-order valence-electron chi connectivity index (χ4n) is 2.65. The van der Waals surface area contributed by atoms with Gasteiger partial charge < -0.3 is 10.6 Å². The van der Waals surface area contributed by atoms with Crippen LogP contribution in [0.25, 0.3) is 10.4 Å². The summed E-state index contributed by atoms with van der Waals surface area (Å²) in [7, 11) is 0. The van der Waals surface area contributed by atoms with Crippen LogP contribution in [0.3, 0.4) is 0 Å². The van der Waals surface area contributed by atoms with Gasteiger partial charge in [-0.05, 0) is 61.7 Å². The Morgan fingerprint density at radius 2 is 2.09 bits per heavy atom. The van der Waals surface area contributed by atoms with Crippen LogP contribution in [-0.2, 0) is 0 Å². The fourth-order valence-corrected chi connectivity index (χ4v) is 3.71. The van der Waals surface area contributed by atoms with Crippen LogP contribution in [0.1, 0.15) is 22.5 Å². The average Bonchev–Trinajstić information content (AvgIpc) is 3.04. The molecule has 0 bridgehead atoms. The molecule has 1 aliphatic heterocycles. The highest BCUT2D eigenvalue weighted by Gasteiger charge is 2.15. The van der Waals surface area contributed by atoms with Crippen molar-refractivity contribution in [2.24, 2.45) is 5.92 Å². The molecule has 2 aromatic rings. The molecule has 1 aromatic heterocycles. The van der Waals surface area contributed by atoms with Gasteiger partial charge >= 0.3 is 0 Å². The van der Waals surface area contributed by atoms with Gasteiger partial charge in [0.05, 0.1) is 4.88 Å². The SMILES string of the molecule is O=C(NCC1CCCNC1)c1ccc(-c2ccc(Cl)cc2)s1. The van der Waals surface area contributed by atoms with Crippen molar-refractivity contribution in [2.45, 2.75) is 12.8 Å². The second kappa shape index (κ2) is 7.27. The average molecular weight is 335 g/mol. The number of hydrogen-bond acceptors (Lipinski definition) is 3. The number of rotatable bonds is 4. The molecule has 0 spiro atoms. The van der Waals surface area contributed by atoms with Gasteiger partial charge in [-0.25, -0.2) is 0 Å². The molecule has 0 aliphatic carbocycles. The number of hydrogen-bond donors (Lipinski definition) is 2. The third kappa shape index (κ3) is 3.88. The van der Waals surface area contributed by atoms with Crippen LogP contribution in [0, 0.1) is 5.92 Å². The largest absolute Gasteiger partial charge is 0.351 e. The molecule has 1 unspecified atom stereocenters. The van der Waals surface area contributed by atoms with E-state index in [2.05, 4.69) is 10.6 Å². The van der Waals surface area contributed by atoms with Crippen LogP contribution in [0.15, 0.2) is 36.4 Å². The lowest BCUT2D eigenvalue weighted by Crippen LogP contribution is -2.37. The number of thiophene rings is 1. The van der Waals surface area contributed by atoms with E-state index in [4.69, 9.17) is 11.6 Å². The summed E-state index contributed by atoms with van der Waals surface area (Å²) in [5.74, 6) is 0.573. The Bertz CT molecular complexity index is 632. The van der Waals surface area contributed by atoms with Crippen LogP contribution in [-0.4, -0.2) is 25.5 Å². The Morgan fingerprint density at radius 3 is 2.82 bits per heavy atom. The van der Waals surface area contributed by atoms with E-state index in [1.165, 1.54) is 24.2 Å². The Kier molecular flexibility index (Phi) is 5.13. The normalized spacial score (nSPS) is 18.1. The molecule has 1 aromatic carbocycles. The Balaban J connectivity index is 1.60. The predicted molar refractivity (Wildman–Crippen MR) is 92.7 cm³/mol. The van der Waals surface area contributed by atoms with Gasteiger partial charge in [-0.2, -0.15) is 0 Å². The molecular formula is C17H19ClN2OS. The highest BCUT2D eigenvalue weighted by molar-refractivity contribution is 7.17. The Hall–Kier alpha value is -1.36. The number of carbonyl (C=O) groups excluding carboxylic acids is 1. The lowest BCUT2D eigenvalue weighted by atomic mass is 10.00. The first kappa shape index (κ1) is 15.5. The molecule has 0 saturated carbocycles. The number of benzene rings is 1. The first-order valence-electron chi connectivity index (χ1n) is 7.57. The first-order valence-corrected chi connectivity index (χ1v) is 8.76. The molecule has 3 nitrogen and oxygen atoms in total. The zero-order valence-corrected chi connectivity index (χ0v) is 13.8. The minimum atomic E-state index is 0.0239. The van der Waals surface area contributed by atoms with Crippen LogP contribution in [0.5, 0.6) is 0 Å².